The van der Waals surface area contributed by atoms with E-state index in [1.54, 1.807) is 7.11 Å². The molecule has 126 valence electrons. The molecule has 1 aromatic heterocycles. The minimum absolute atomic E-state index is 0.488. The van der Waals surface area contributed by atoms with Crippen molar-refractivity contribution in [1.29, 1.82) is 0 Å². The number of benzene rings is 2. The van der Waals surface area contributed by atoms with E-state index in [0.29, 0.717) is 13.1 Å². The van der Waals surface area contributed by atoms with Crippen LogP contribution in [-0.4, -0.2) is 12.2 Å². The molecule has 25 heavy (non-hydrogen) atoms. The van der Waals surface area contributed by atoms with Crippen LogP contribution in [0.15, 0.2) is 79.0 Å². The highest BCUT2D eigenvalue weighted by Crippen LogP contribution is 2.36. The predicted octanol–water partition coefficient (Wildman–Crippen LogP) is 2.85. The molecule has 0 spiro atoms. The number of anilines is 1. The molecular weight excluding hydrogens is 312 g/mol. The second kappa shape index (κ2) is 6.22. The van der Waals surface area contributed by atoms with Gasteiger partial charge in [0.1, 0.15) is 12.3 Å². The Balaban J connectivity index is 1.76. The van der Waals surface area contributed by atoms with Crippen LogP contribution in [-0.2, 0) is 18.8 Å². The van der Waals surface area contributed by atoms with Crippen LogP contribution < -0.4 is 14.2 Å². The molecule has 1 atom stereocenters. The molecule has 1 N–H and O–H groups in total. The number of hydrogen-bond donors (Lipinski definition) is 1. The van der Waals surface area contributed by atoms with Gasteiger partial charge >= 0.3 is 0 Å². The maximum atomic E-state index is 11.6. The quantitative estimate of drug-likeness (QED) is 0.746. The molecule has 0 saturated heterocycles. The van der Waals surface area contributed by atoms with Crippen molar-refractivity contribution in [1.82, 2.24) is 0 Å². The van der Waals surface area contributed by atoms with E-state index in [9.17, 15) is 5.11 Å². The minimum atomic E-state index is -1.10. The molecule has 0 bridgehead atoms. The van der Waals surface area contributed by atoms with Crippen molar-refractivity contribution in [3.05, 3.63) is 90.1 Å². The summed E-state index contributed by atoms with van der Waals surface area (Å²) in [6.45, 7) is 1.12. The Bertz CT molecular complexity index is 865. The monoisotopic (exact) mass is 333 g/mol. The lowest BCUT2D eigenvalue weighted by Gasteiger charge is -2.27. The van der Waals surface area contributed by atoms with Crippen LogP contribution >= 0.6 is 0 Å². The highest BCUT2D eigenvalue weighted by molar-refractivity contribution is 5.45. The van der Waals surface area contributed by atoms with E-state index in [2.05, 4.69) is 21.6 Å². The number of aromatic nitrogens is 1. The van der Waals surface area contributed by atoms with Crippen LogP contribution in [0.5, 0.6) is 5.75 Å². The number of nitrogens with zero attached hydrogens (tertiary/aromatic N) is 2. The van der Waals surface area contributed by atoms with Gasteiger partial charge in [0, 0.05) is 11.6 Å². The third kappa shape index (κ3) is 2.75. The average molecular weight is 333 g/mol. The van der Waals surface area contributed by atoms with Crippen LogP contribution in [0.3, 0.4) is 0 Å². The topological polar surface area (TPSA) is 36.6 Å². The van der Waals surface area contributed by atoms with E-state index in [1.165, 1.54) is 0 Å². The number of fused-ring (bicyclic) bond motifs is 1. The molecule has 3 aromatic rings. The number of methoxy groups -OCH3 is 1. The maximum Gasteiger partial charge on any atom is 0.279 e. The second-order valence-electron chi connectivity index (χ2n) is 6.30. The average Bonchev–Trinajstić information content (AvgIpc) is 2.96. The van der Waals surface area contributed by atoms with Crippen molar-refractivity contribution in [3.63, 3.8) is 0 Å². The van der Waals surface area contributed by atoms with Gasteiger partial charge in [-0.1, -0.05) is 36.4 Å². The summed E-state index contributed by atoms with van der Waals surface area (Å²) in [4.78, 5) is 2.06. The molecule has 0 amide bonds. The zero-order valence-corrected chi connectivity index (χ0v) is 14.2. The van der Waals surface area contributed by atoms with Gasteiger partial charge in [0.05, 0.1) is 13.3 Å². The summed E-state index contributed by atoms with van der Waals surface area (Å²) < 4.78 is 7.34. The number of hydrogen-bond acceptors (Lipinski definition) is 3. The van der Waals surface area contributed by atoms with Crippen molar-refractivity contribution in [2.75, 3.05) is 12.0 Å². The van der Waals surface area contributed by atoms with Gasteiger partial charge in [-0.3, -0.25) is 0 Å². The highest BCUT2D eigenvalue weighted by atomic mass is 16.5. The predicted molar refractivity (Wildman–Crippen MR) is 96.2 cm³/mol. The van der Waals surface area contributed by atoms with Gasteiger partial charge in [-0.2, -0.15) is 0 Å². The van der Waals surface area contributed by atoms with Crippen molar-refractivity contribution in [2.45, 2.75) is 18.8 Å². The first-order valence-electron chi connectivity index (χ1n) is 8.38. The van der Waals surface area contributed by atoms with Crippen molar-refractivity contribution in [2.24, 2.45) is 0 Å². The lowest BCUT2D eigenvalue weighted by molar-refractivity contribution is -0.683. The third-order valence-electron chi connectivity index (χ3n) is 4.77. The largest absolute Gasteiger partial charge is 0.497 e. The fraction of sp³-hybridized carbons (Fsp3) is 0.190. The molecule has 1 unspecified atom stereocenters. The van der Waals surface area contributed by atoms with Gasteiger partial charge in [-0.15, -0.1) is 0 Å². The fourth-order valence-electron chi connectivity index (χ4n) is 3.44. The van der Waals surface area contributed by atoms with Crippen LogP contribution in [0.1, 0.15) is 11.1 Å². The number of ether oxygens (including phenoxy) is 1. The molecule has 1 aliphatic heterocycles. The Morgan fingerprint density at radius 1 is 1.00 bits per heavy atom. The van der Waals surface area contributed by atoms with Crippen molar-refractivity contribution < 1.29 is 14.4 Å². The van der Waals surface area contributed by atoms with Gasteiger partial charge in [0.2, 0.25) is 0 Å². The summed E-state index contributed by atoms with van der Waals surface area (Å²) in [6.07, 6.45) is 2.01. The number of pyridine rings is 1. The lowest BCUT2D eigenvalue weighted by atomic mass is 10.0. The molecule has 0 saturated carbocycles. The van der Waals surface area contributed by atoms with E-state index < -0.39 is 5.72 Å². The maximum absolute atomic E-state index is 11.6. The first-order chi connectivity index (χ1) is 12.2. The number of aliphatic hydroxyl groups is 1. The van der Waals surface area contributed by atoms with Crippen LogP contribution in [0.25, 0.3) is 0 Å². The molecule has 0 aliphatic carbocycles. The Labute approximate surface area is 147 Å². The molecular formula is C21H21N2O2+. The molecule has 4 rings (SSSR count). The highest BCUT2D eigenvalue weighted by Gasteiger charge is 2.51. The zero-order valence-electron chi connectivity index (χ0n) is 14.2. The summed E-state index contributed by atoms with van der Waals surface area (Å²) in [6, 6.07) is 23.9. The van der Waals surface area contributed by atoms with Gasteiger partial charge in [-0.05, 0) is 35.9 Å². The molecule has 1 aliphatic rings. The Kier molecular flexibility index (Phi) is 3.90. The summed E-state index contributed by atoms with van der Waals surface area (Å²) in [5, 5.41) is 11.6. The van der Waals surface area contributed by atoms with Gasteiger partial charge < -0.3 is 9.84 Å². The van der Waals surface area contributed by atoms with E-state index in [1.807, 2.05) is 66.9 Å². The first-order valence-corrected chi connectivity index (χ1v) is 8.38. The minimum Gasteiger partial charge on any atom is -0.497 e. The van der Waals surface area contributed by atoms with E-state index in [-0.39, 0.29) is 0 Å². The fourth-order valence-corrected chi connectivity index (χ4v) is 3.44. The lowest BCUT2D eigenvalue weighted by Crippen LogP contribution is -2.45. The van der Waals surface area contributed by atoms with Crippen molar-refractivity contribution >= 4 is 5.82 Å². The summed E-state index contributed by atoms with van der Waals surface area (Å²) in [7, 11) is 1.65. The van der Waals surface area contributed by atoms with Gasteiger partial charge in [0.25, 0.3) is 11.5 Å². The zero-order chi connectivity index (χ0) is 17.3. The van der Waals surface area contributed by atoms with Crippen LogP contribution in [0.4, 0.5) is 5.82 Å². The Morgan fingerprint density at radius 3 is 2.44 bits per heavy atom. The molecule has 0 fully saturated rings. The Hall–Kier alpha value is -2.85. The molecule has 2 heterocycles. The number of rotatable bonds is 4. The van der Waals surface area contributed by atoms with Gasteiger partial charge in [0.15, 0.2) is 6.54 Å². The summed E-state index contributed by atoms with van der Waals surface area (Å²) >= 11 is 0. The smallest absolute Gasteiger partial charge is 0.279 e. The Morgan fingerprint density at radius 2 is 1.72 bits per heavy atom. The standard InChI is InChI=1S/C21H21N2O2/c1-25-19-12-10-18(11-13-19)21(24)16-22-14-6-5-9-20(22)23(21)15-17-7-3-2-4-8-17/h2-14,24H,15-16H2,1H3/q+1. The SMILES string of the molecule is COc1ccc(C2(O)C[n+]3ccccc3N2Cc2ccccc2)cc1. The second-order valence-corrected chi connectivity index (χ2v) is 6.30. The van der Waals surface area contributed by atoms with Crippen LogP contribution in [0.2, 0.25) is 0 Å². The first kappa shape index (κ1) is 15.7. The molecule has 4 heteroatoms. The molecule has 0 radical (unpaired) electrons. The molecule has 2 aromatic carbocycles. The molecule has 4 nitrogen and oxygen atoms in total. The third-order valence-corrected chi connectivity index (χ3v) is 4.77. The van der Waals surface area contributed by atoms with Gasteiger partial charge in [-0.25, -0.2) is 9.47 Å². The van der Waals surface area contributed by atoms with Crippen molar-refractivity contribution in [3.8, 4) is 5.75 Å². The van der Waals surface area contributed by atoms with E-state index in [0.717, 1.165) is 22.7 Å². The van der Waals surface area contributed by atoms with Crippen LogP contribution in [0, 0.1) is 0 Å². The van der Waals surface area contributed by atoms with E-state index in [4.69, 9.17) is 4.74 Å². The normalized spacial score (nSPS) is 18.9. The summed E-state index contributed by atoms with van der Waals surface area (Å²) in [5.74, 6) is 1.79. The summed E-state index contributed by atoms with van der Waals surface area (Å²) in [5.41, 5.74) is 0.913. The van der Waals surface area contributed by atoms with E-state index >= 15 is 0 Å².